The van der Waals surface area contributed by atoms with Gasteiger partial charge in [-0.1, -0.05) is 84.9 Å². The second kappa shape index (κ2) is 21.2. The fourth-order valence-corrected chi connectivity index (χ4v) is 9.37. The van der Waals surface area contributed by atoms with Gasteiger partial charge in [0.05, 0.1) is 11.6 Å². The van der Waals surface area contributed by atoms with Gasteiger partial charge in [0.2, 0.25) is 11.2 Å². The van der Waals surface area contributed by atoms with E-state index < -0.39 is 23.6 Å². The van der Waals surface area contributed by atoms with E-state index in [0.717, 1.165) is 43.6 Å². The third-order valence-corrected chi connectivity index (χ3v) is 13.0. The van der Waals surface area contributed by atoms with E-state index in [-0.39, 0.29) is 53.2 Å². The molecule has 0 bridgehead atoms. The number of hydrogen-bond acceptors (Lipinski definition) is 10. The van der Waals surface area contributed by atoms with Crippen molar-refractivity contribution >= 4 is 28.7 Å². The molecule has 3 heterocycles. The number of H-pyrrole nitrogens is 1. The minimum absolute atomic E-state index is 0.0670. The summed E-state index contributed by atoms with van der Waals surface area (Å²) < 4.78 is 5.84. The topological polar surface area (TPSA) is 205 Å². The highest BCUT2D eigenvalue weighted by Gasteiger charge is 2.42. The fourth-order valence-electron chi connectivity index (χ4n) is 9.37. The fraction of sp³-hybridized carbons (Fsp3) is 0.321. The summed E-state index contributed by atoms with van der Waals surface area (Å²) in [6.07, 6.45) is 2.92. The van der Waals surface area contributed by atoms with E-state index in [1.165, 1.54) is 23.8 Å². The van der Waals surface area contributed by atoms with Crippen molar-refractivity contribution in [3.8, 4) is 11.5 Å². The molecule has 2 aliphatic rings. The van der Waals surface area contributed by atoms with E-state index in [9.17, 15) is 39.6 Å². The Bertz CT molecular complexity index is 2740. The molecule has 5 aromatic carbocycles. The first kappa shape index (κ1) is 46.7. The van der Waals surface area contributed by atoms with Gasteiger partial charge in [0.1, 0.15) is 11.5 Å². The van der Waals surface area contributed by atoms with Crippen LogP contribution in [0, 0.1) is 5.92 Å². The maximum Gasteiger partial charge on any atom is 0.345 e. The third kappa shape index (κ3) is 11.2. The van der Waals surface area contributed by atoms with E-state index in [2.05, 4.69) is 44.8 Å². The first-order valence-electron chi connectivity index (χ1n) is 22.9. The Morgan fingerprint density at radius 2 is 1.60 bits per heavy atom. The maximum absolute atomic E-state index is 13.4. The Morgan fingerprint density at radius 1 is 0.836 bits per heavy atom. The molecule has 3 atom stereocenters. The van der Waals surface area contributed by atoms with Crippen LogP contribution < -0.4 is 20.9 Å². The van der Waals surface area contributed by atoms with Crippen molar-refractivity contribution < 1.29 is 39.5 Å². The number of carboxylic acid groups (broad SMARTS) is 1. The summed E-state index contributed by atoms with van der Waals surface area (Å²) in [7, 11) is 0. The van der Waals surface area contributed by atoms with Gasteiger partial charge >= 0.3 is 5.97 Å². The Balaban J connectivity index is 0.791. The lowest BCUT2D eigenvalue weighted by molar-refractivity contribution is -0.155. The number of carboxylic acids is 1. The molecule has 2 saturated heterocycles. The molecule has 2 fully saturated rings. The number of carbonyl (C=O) groups excluding carboxylic acids is 2. The SMILES string of the molecule is O=C(COc1cccc([C@@](O)(C(=O)O)c2ccccc2CC2CCN(Cc3ccccc3)CC2)c1)N[C@H]1CCN(C(=O)c2ccc(CCNC[C@H](O)c3ccc(O)c4[nH]c(=O)ccc34)cc2)C1. The number of phenolic OH excluding ortho intramolecular Hbond substituents is 1. The number of aromatic nitrogens is 1. The Hall–Kier alpha value is -6.84. The Morgan fingerprint density at radius 3 is 2.37 bits per heavy atom. The number of likely N-dealkylation sites (tertiary alicyclic amines) is 2. The summed E-state index contributed by atoms with van der Waals surface area (Å²) in [5, 5.41) is 50.3. The van der Waals surface area contributed by atoms with Crippen molar-refractivity contribution in [1.82, 2.24) is 25.4 Å². The largest absolute Gasteiger partial charge is 0.506 e. The van der Waals surface area contributed by atoms with Crippen molar-refractivity contribution in [2.75, 3.05) is 45.9 Å². The van der Waals surface area contributed by atoms with Crippen molar-refractivity contribution in [2.24, 2.45) is 5.92 Å². The van der Waals surface area contributed by atoms with E-state index in [4.69, 9.17) is 4.74 Å². The van der Waals surface area contributed by atoms with Gasteiger partial charge in [0, 0.05) is 60.4 Å². The molecule has 0 radical (unpaired) electrons. The van der Waals surface area contributed by atoms with E-state index in [0.29, 0.717) is 66.9 Å². The number of aliphatic hydroxyl groups excluding tert-OH is 1. The highest BCUT2D eigenvalue weighted by Crippen LogP contribution is 2.36. The van der Waals surface area contributed by atoms with Crippen LogP contribution in [0.2, 0.25) is 0 Å². The van der Waals surface area contributed by atoms with Crippen LogP contribution in [-0.4, -0.2) is 105 Å². The highest BCUT2D eigenvalue weighted by atomic mass is 16.5. The lowest BCUT2D eigenvalue weighted by Crippen LogP contribution is -2.40. The number of piperidine rings is 1. The molecule has 348 valence electrons. The molecule has 67 heavy (non-hydrogen) atoms. The van der Waals surface area contributed by atoms with Crippen LogP contribution in [0.15, 0.2) is 132 Å². The van der Waals surface area contributed by atoms with Crippen LogP contribution >= 0.6 is 0 Å². The molecule has 0 aliphatic carbocycles. The molecular formula is C53H57N5O9. The first-order valence-corrected chi connectivity index (χ1v) is 22.9. The van der Waals surface area contributed by atoms with Gasteiger partial charge < -0.3 is 45.7 Å². The number of hydrogen-bond donors (Lipinski definition) is 7. The summed E-state index contributed by atoms with van der Waals surface area (Å²) >= 11 is 0. The summed E-state index contributed by atoms with van der Waals surface area (Å²) in [5.74, 6) is -1.44. The number of phenols is 1. The smallest absolute Gasteiger partial charge is 0.345 e. The average molecular weight is 908 g/mol. The Labute approximate surface area is 388 Å². The van der Waals surface area contributed by atoms with Crippen molar-refractivity contribution in [2.45, 2.75) is 56.4 Å². The number of pyridine rings is 1. The van der Waals surface area contributed by atoms with Crippen molar-refractivity contribution in [3.63, 3.8) is 0 Å². The molecule has 0 spiro atoms. The molecule has 8 rings (SSSR count). The molecule has 0 unspecified atom stereocenters. The Kier molecular flexibility index (Phi) is 14.8. The predicted octanol–water partition coefficient (Wildman–Crippen LogP) is 5.28. The van der Waals surface area contributed by atoms with Gasteiger partial charge in [-0.2, -0.15) is 0 Å². The van der Waals surface area contributed by atoms with E-state index in [1.807, 2.05) is 30.3 Å². The first-order chi connectivity index (χ1) is 32.4. The zero-order valence-corrected chi connectivity index (χ0v) is 37.3. The minimum Gasteiger partial charge on any atom is -0.506 e. The van der Waals surface area contributed by atoms with Crippen LogP contribution in [-0.2, 0) is 34.6 Å². The number of carbonyl (C=O) groups is 3. The van der Waals surface area contributed by atoms with Crippen molar-refractivity contribution in [1.29, 1.82) is 0 Å². The van der Waals surface area contributed by atoms with Gasteiger partial charge in [-0.15, -0.1) is 0 Å². The summed E-state index contributed by atoms with van der Waals surface area (Å²) in [6.45, 7) is 4.05. The number of aromatic hydroxyl groups is 1. The van der Waals surface area contributed by atoms with Crippen LogP contribution in [0.4, 0.5) is 0 Å². The van der Waals surface area contributed by atoms with Crippen LogP contribution in [0.5, 0.6) is 11.5 Å². The summed E-state index contributed by atoms with van der Waals surface area (Å²) in [4.78, 5) is 57.9. The zero-order valence-electron chi connectivity index (χ0n) is 37.3. The number of amides is 2. The standard InChI is InChI=1S/C53H57N5O9/c59-46-19-17-43(44-18-20-48(61)56-50(44)46)47(60)31-54-25-21-35-13-15-38(16-14-35)51(63)58-28-24-41(33-58)55-49(62)34-67-42-11-6-10-40(30-42)53(66,52(64)65)45-12-5-4-9-39(45)29-36-22-26-57(27-23-36)32-37-7-2-1-3-8-37/h1-20,30,36,41,47,54,59-60,66H,21-29,31-34H2,(H,55,62)(H,56,61)(H,64,65)/t41-,47-,53-/m0/s1. The predicted molar refractivity (Wildman–Crippen MR) is 254 cm³/mol. The monoisotopic (exact) mass is 907 g/mol. The van der Waals surface area contributed by atoms with Gasteiger partial charge in [0.25, 0.3) is 11.8 Å². The lowest BCUT2D eigenvalue weighted by atomic mass is 9.80. The van der Waals surface area contributed by atoms with Gasteiger partial charge in [-0.05, 0) is 116 Å². The molecule has 0 saturated carbocycles. The second-order valence-electron chi connectivity index (χ2n) is 17.7. The number of aliphatic hydroxyl groups is 2. The number of nitrogens with one attached hydrogen (secondary N) is 3. The highest BCUT2D eigenvalue weighted by molar-refractivity contribution is 5.94. The number of ether oxygens (including phenoxy) is 1. The van der Waals surface area contributed by atoms with Crippen LogP contribution in [0.1, 0.15) is 69.1 Å². The summed E-state index contributed by atoms with van der Waals surface area (Å²) in [5.41, 5.74) is 2.19. The molecule has 14 nitrogen and oxygen atoms in total. The van der Waals surface area contributed by atoms with Gasteiger partial charge in [0.15, 0.2) is 6.61 Å². The quantitative estimate of drug-likeness (QED) is 0.0553. The molecule has 2 amide bonds. The number of aromatic amines is 1. The third-order valence-electron chi connectivity index (χ3n) is 13.0. The molecule has 7 N–H and O–H groups in total. The number of benzene rings is 5. The zero-order chi connectivity index (χ0) is 46.9. The maximum atomic E-state index is 13.4. The van der Waals surface area contributed by atoms with E-state index >= 15 is 0 Å². The minimum atomic E-state index is -2.35. The number of aliphatic carboxylic acids is 1. The average Bonchev–Trinajstić information content (AvgIpc) is 3.81. The van der Waals surface area contributed by atoms with Crippen molar-refractivity contribution in [3.05, 3.63) is 177 Å². The molecule has 2 aliphatic heterocycles. The molecular weight excluding hydrogens is 851 g/mol. The van der Waals surface area contributed by atoms with Crippen LogP contribution in [0.25, 0.3) is 10.9 Å². The second-order valence-corrected chi connectivity index (χ2v) is 17.7. The molecule has 14 heteroatoms. The molecule has 1 aromatic heterocycles. The number of rotatable bonds is 18. The summed E-state index contributed by atoms with van der Waals surface area (Å²) in [6, 6.07) is 36.9. The number of fused-ring (bicyclic) bond motifs is 1. The van der Waals surface area contributed by atoms with Gasteiger partial charge in [-0.25, -0.2) is 4.79 Å². The normalized spacial score (nSPS) is 16.9. The lowest BCUT2D eigenvalue weighted by Gasteiger charge is -2.33. The van der Waals surface area contributed by atoms with Crippen LogP contribution in [0.3, 0.4) is 0 Å². The molecule has 6 aromatic rings. The van der Waals surface area contributed by atoms with Gasteiger partial charge in [-0.3, -0.25) is 19.3 Å². The van der Waals surface area contributed by atoms with E-state index in [1.54, 1.807) is 59.5 Å². The number of nitrogens with zero attached hydrogens (tertiary/aromatic N) is 2.